The molecule has 144 valence electrons. The molecule has 1 amide bonds. The summed E-state index contributed by atoms with van der Waals surface area (Å²) in [5.41, 5.74) is 0.260. The number of nitrogens with one attached hydrogen (secondary N) is 2. The van der Waals surface area contributed by atoms with E-state index < -0.39 is 5.82 Å². The Morgan fingerprint density at radius 2 is 1.96 bits per heavy atom. The Balaban J connectivity index is 1.90. The van der Waals surface area contributed by atoms with Crippen LogP contribution < -0.4 is 10.6 Å². The lowest BCUT2D eigenvalue weighted by molar-refractivity contribution is -0.127. The molecule has 1 heterocycles. The van der Waals surface area contributed by atoms with E-state index in [0.29, 0.717) is 12.5 Å². The summed E-state index contributed by atoms with van der Waals surface area (Å²) >= 11 is 1.72. The van der Waals surface area contributed by atoms with E-state index >= 15 is 0 Å². The van der Waals surface area contributed by atoms with Crippen LogP contribution in [0.1, 0.15) is 5.69 Å². The predicted octanol–water partition coefficient (Wildman–Crippen LogP) is 2.14. The van der Waals surface area contributed by atoms with Gasteiger partial charge in [-0.05, 0) is 24.3 Å². The number of halogens is 1. The first-order valence-corrected chi connectivity index (χ1v) is 9.54. The van der Waals surface area contributed by atoms with Gasteiger partial charge >= 0.3 is 0 Å². The van der Waals surface area contributed by atoms with Crippen LogP contribution in [0.25, 0.3) is 0 Å². The summed E-state index contributed by atoms with van der Waals surface area (Å²) < 4.78 is 13.7. The fourth-order valence-electron chi connectivity index (χ4n) is 2.04. The van der Waals surface area contributed by atoms with Crippen LogP contribution in [0.15, 0.2) is 58.5 Å². The zero-order chi connectivity index (χ0) is 19.5. The summed E-state index contributed by atoms with van der Waals surface area (Å²) in [6.07, 6.45) is 1.53. The monoisotopic (exact) mass is 389 g/mol. The highest BCUT2D eigenvalue weighted by Gasteiger charge is 2.07. The second-order valence-corrected chi connectivity index (χ2v) is 7.00. The number of aliphatic imine (C=N–C) groups is 1. The van der Waals surface area contributed by atoms with Crippen molar-refractivity contribution in [1.29, 1.82) is 0 Å². The number of nitrogens with zero attached hydrogens (tertiary/aromatic N) is 3. The zero-order valence-corrected chi connectivity index (χ0v) is 16.3. The van der Waals surface area contributed by atoms with E-state index in [4.69, 9.17) is 0 Å². The van der Waals surface area contributed by atoms with Crippen molar-refractivity contribution in [2.75, 3.05) is 32.9 Å². The van der Waals surface area contributed by atoms with Gasteiger partial charge in [0.05, 0.1) is 18.8 Å². The first-order chi connectivity index (χ1) is 13.1. The third-order valence-corrected chi connectivity index (χ3v) is 4.55. The molecule has 0 aliphatic rings. The van der Waals surface area contributed by atoms with E-state index in [0.717, 1.165) is 5.75 Å². The highest BCUT2D eigenvalue weighted by atomic mass is 32.2. The van der Waals surface area contributed by atoms with Gasteiger partial charge in [0.15, 0.2) is 5.96 Å². The van der Waals surface area contributed by atoms with Gasteiger partial charge in [-0.15, -0.1) is 11.8 Å². The largest absolute Gasteiger partial charge is 0.356 e. The number of likely N-dealkylation sites (N-methyl/N-ethyl adjacent to an activating group) is 1. The molecule has 0 aliphatic heterocycles. The minimum absolute atomic E-state index is 0.0767. The molecular weight excluding hydrogens is 365 g/mol. The average Bonchev–Trinajstić information content (AvgIpc) is 2.68. The Morgan fingerprint density at radius 3 is 2.67 bits per heavy atom. The van der Waals surface area contributed by atoms with Gasteiger partial charge < -0.3 is 15.5 Å². The van der Waals surface area contributed by atoms with E-state index in [2.05, 4.69) is 32.7 Å². The Hall–Kier alpha value is -2.61. The molecule has 0 fully saturated rings. The van der Waals surface area contributed by atoms with Gasteiger partial charge in [0.2, 0.25) is 5.91 Å². The molecule has 2 N–H and O–H groups in total. The second-order valence-electron chi connectivity index (χ2n) is 5.83. The number of benzene rings is 1. The second kappa shape index (κ2) is 11.2. The summed E-state index contributed by atoms with van der Waals surface area (Å²) in [5.74, 6) is 0.797. The molecule has 0 spiro atoms. The highest BCUT2D eigenvalue weighted by Crippen LogP contribution is 2.15. The third kappa shape index (κ3) is 7.65. The lowest BCUT2D eigenvalue weighted by Gasteiger charge is -2.15. The summed E-state index contributed by atoms with van der Waals surface area (Å²) in [7, 11) is 3.38. The number of amides is 1. The first kappa shape index (κ1) is 20.7. The normalized spacial score (nSPS) is 11.1. The minimum atomic E-state index is -0.399. The third-order valence-electron chi connectivity index (χ3n) is 3.53. The lowest BCUT2D eigenvalue weighted by atomic mass is 10.3. The minimum Gasteiger partial charge on any atom is -0.356 e. The molecule has 2 rings (SSSR count). The molecule has 2 aromatic rings. The number of pyridine rings is 1. The molecule has 0 atom stereocenters. The number of rotatable bonds is 8. The number of hydrogen-bond acceptors (Lipinski definition) is 4. The van der Waals surface area contributed by atoms with Crippen molar-refractivity contribution in [3.05, 3.63) is 60.2 Å². The predicted molar refractivity (Wildman–Crippen MR) is 107 cm³/mol. The molecule has 0 saturated heterocycles. The molecule has 0 radical (unpaired) electrons. The summed E-state index contributed by atoms with van der Waals surface area (Å²) in [6.45, 7) is 0.839. The number of carbonyl (C=O) groups is 1. The number of thioether (sulfide) groups is 1. The average molecular weight is 390 g/mol. The van der Waals surface area contributed by atoms with Crippen LogP contribution >= 0.6 is 11.8 Å². The molecule has 8 heteroatoms. The van der Waals surface area contributed by atoms with Gasteiger partial charge in [0.25, 0.3) is 0 Å². The van der Waals surface area contributed by atoms with Crippen molar-refractivity contribution in [2.45, 2.75) is 11.4 Å². The topological polar surface area (TPSA) is 69.6 Å². The van der Waals surface area contributed by atoms with Crippen LogP contribution in [0.5, 0.6) is 0 Å². The maximum atomic E-state index is 13.7. The van der Waals surface area contributed by atoms with Crippen LogP contribution in [0.4, 0.5) is 4.39 Å². The quantitative estimate of drug-likeness (QED) is 0.313. The Labute approximate surface area is 163 Å². The molecule has 0 aliphatic carbocycles. The Morgan fingerprint density at radius 1 is 1.19 bits per heavy atom. The van der Waals surface area contributed by atoms with E-state index in [1.165, 1.54) is 28.1 Å². The zero-order valence-electron chi connectivity index (χ0n) is 15.5. The fraction of sp³-hybridized carbons (Fsp3) is 0.316. The van der Waals surface area contributed by atoms with Crippen LogP contribution in [0, 0.1) is 5.82 Å². The molecule has 0 unspecified atom stereocenters. The van der Waals surface area contributed by atoms with Crippen molar-refractivity contribution in [3.63, 3.8) is 0 Å². The van der Waals surface area contributed by atoms with Gasteiger partial charge in [0, 0.05) is 37.5 Å². The summed E-state index contributed by atoms with van der Waals surface area (Å²) in [6, 6.07) is 13.0. The SMILES string of the molecule is CN(C)C(=O)CNC(=NCc1ncccc1F)NCCSc1ccccc1. The maximum Gasteiger partial charge on any atom is 0.241 e. The van der Waals surface area contributed by atoms with Crippen LogP contribution in [-0.2, 0) is 11.3 Å². The van der Waals surface area contributed by atoms with E-state index in [1.807, 2.05) is 18.2 Å². The fourth-order valence-corrected chi connectivity index (χ4v) is 2.82. The van der Waals surface area contributed by atoms with Gasteiger partial charge in [-0.3, -0.25) is 9.78 Å². The lowest BCUT2D eigenvalue weighted by Crippen LogP contribution is -2.43. The number of aromatic nitrogens is 1. The van der Waals surface area contributed by atoms with E-state index in [9.17, 15) is 9.18 Å². The Kier molecular flexibility index (Phi) is 8.57. The molecule has 1 aromatic carbocycles. The summed E-state index contributed by atoms with van der Waals surface area (Å²) in [4.78, 5) is 22.8. The van der Waals surface area contributed by atoms with Crippen molar-refractivity contribution in [3.8, 4) is 0 Å². The van der Waals surface area contributed by atoms with Gasteiger partial charge in [-0.25, -0.2) is 9.38 Å². The summed E-state index contributed by atoms with van der Waals surface area (Å²) in [5, 5.41) is 6.15. The molecular formula is C19H24FN5OS. The van der Waals surface area contributed by atoms with Crippen LogP contribution in [0.2, 0.25) is 0 Å². The molecule has 6 nitrogen and oxygen atoms in total. The highest BCUT2D eigenvalue weighted by molar-refractivity contribution is 7.99. The van der Waals surface area contributed by atoms with Crippen LogP contribution in [0.3, 0.4) is 0 Å². The van der Waals surface area contributed by atoms with Crippen LogP contribution in [-0.4, -0.2) is 54.7 Å². The Bertz CT molecular complexity index is 755. The maximum absolute atomic E-state index is 13.7. The molecule has 0 bridgehead atoms. The molecule has 1 aromatic heterocycles. The van der Waals surface area contributed by atoms with E-state index in [-0.39, 0.29) is 24.7 Å². The van der Waals surface area contributed by atoms with Crippen molar-refractivity contribution in [2.24, 2.45) is 4.99 Å². The molecule has 27 heavy (non-hydrogen) atoms. The number of guanidine groups is 1. The standard InChI is InChI=1S/C19H24FN5OS/c1-25(2)18(26)14-24-19(23-13-17-16(20)9-6-10-21-17)22-11-12-27-15-7-4-3-5-8-15/h3-10H,11-14H2,1-2H3,(H2,22,23,24). The van der Waals surface area contributed by atoms with Gasteiger partial charge in [-0.2, -0.15) is 0 Å². The van der Waals surface area contributed by atoms with Crippen molar-refractivity contribution >= 4 is 23.6 Å². The molecule has 0 saturated carbocycles. The van der Waals surface area contributed by atoms with Crippen molar-refractivity contribution < 1.29 is 9.18 Å². The number of hydrogen-bond donors (Lipinski definition) is 2. The number of carbonyl (C=O) groups excluding carboxylic acids is 1. The van der Waals surface area contributed by atoms with Gasteiger partial charge in [0.1, 0.15) is 5.82 Å². The van der Waals surface area contributed by atoms with E-state index in [1.54, 1.807) is 25.9 Å². The smallest absolute Gasteiger partial charge is 0.241 e. The van der Waals surface area contributed by atoms with Gasteiger partial charge in [-0.1, -0.05) is 18.2 Å². The van der Waals surface area contributed by atoms with Crippen molar-refractivity contribution in [1.82, 2.24) is 20.5 Å². The first-order valence-electron chi connectivity index (χ1n) is 8.56.